The van der Waals surface area contributed by atoms with Gasteiger partial charge in [0.25, 0.3) is 11.4 Å². The maximum atomic E-state index is 12.3. The number of pyridine rings is 1. The number of nitrogens with one attached hydrogen (secondary N) is 1. The Bertz CT molecular complexity index is 1130. The van der Waals surface area contributed by atoms with E-state index in [9.17, 15) is 13.2 Å². The third kappa shape index (κ3) is 3.93. The molecule has 0 unspecified atom stereocenters. The molecule has 0 saturated carbocycles. The Labute approximate surface area is 157 Å². The van der Waals surface area contributed by atoms with Gasteiger partial charge in [0.1, 0.15) is 5.69 Å². The molecule has 9 heteroatoms. The number of aromatic nitrogens is 3. The van der Waals surface area contributed by atoms with E-state index < -0.39 is 10.0 Å². The molecule has 2 aromatic heterocycles. The molecule has 0 amide bonds. The fourth-order valence-corrected chi connectivity index (χ4v) is 4.29. The fraction of sp³-hybridized carbons (Fsp3) is 0.389. The van der Waals surface area contributed by atoms with E-state index >= 15 is 0 Å². The van der Waals surface area contributed by atoms with Crippen LogP contribution in [0.4, 0.5) is 0 Å². The Morgan fingerprint density at radius 1 is 1.22 bits per heavy atom. The van der Waals surface area contributed by atoms with E-state index in [4.69, 9.17) is 4.52 Å². The second-order valence-corrected chi connectivity index (χ2v) is 8.67. The lowest BCUT2D eigenvalue weighted by atomic mass is 10.1. The number of hydrogen-bond acceptors (Lipinski definition) is 6. The molecule has 0 radical (unpaired) electrons. The number of aromatic amines is 1. The van der Waals surface area contributed by atoms with Crippen molar-refractivity contribution in [3.8, 4) is 11.6 Å². The highest BCUT2D eigenvalue weighted by molar-refractivity contribution is 7.88. The molecule has 0 atom stereocenters. The van der Waals surface area contributed by atoms with E-state index in [1.807, 2.05) is 39.0 Å². The van der Waals surface area contributed by atoms with Crippen LogP contribution in [0.3, 0.4) is 0 Å². The quantitative estimate of drug-likeness (QED) is 0.690. The maximum absolute atomic E-state index is 12.3. The number of rotatable bonds is 6. The summed E-state index contributed by atoms with van der Waals surface area (Å²) in [6.45, 7) is 5.75. The summed E-state index contributed by atoms with van der Waals surface area (Å²) in [5.41, 5.74) is 1.08. The van der Waals surface area contributed by atoms with Gasteiger partial charge in [0, 0.05) is 24.4 Å². The van der Waals surface area contributed by atoms with Gasteiger partial charge >= 0.3 is 0 Å². The molecule has 3 aromatic rings. The van der Waals surface area contributed by atoms with E-state index in [0.717, 1.165) is 10.9 Å². The predicted octanol–water partition coefficient (Wildman–Crippen LogP) is 2.10. The number of nitrogens with zero attached hydrogens (tertiary/aromatic N) is 3. The normalized spacial score (nSPS) is 12.4. The highest BCUT2D eigenvalue weighted by Crippen LogP contribution is 2.24. The number of fused-ring (bicyclic) bond motifs is 1. The van der Waals surface area contributed by atoms with Crippen LogP contribution < -0.4 is 5.56 Å². The van der Waals surface area contributed by atoms with Gasteiger partial charge in [0.15, 0.2) is 5.82 Å². The fourth-order valence-electron chi connectivity index (χ4n) is 3.11. The smallest absolute Gasteiger partial charge is 0.274 e. The molecule has 1 aromatic carbocycles. The van der Waals surface area contributed by atoms with E-state index in [-0.39, 0.29) is 24.0 Å². The molecule has 0 aliphatic rings. The van der Waals surface area contributed by atoms with Gasteiger partial charge in [-0.3, -0.25) is 4.79 Å². The topological polar surface area (TPSA) is 109 Å². The summed E-state index contributed by atoms with van der Waals surface area (Å²) >= 11 is 0. The molecule has 0 aliphatic carbocycles. The predicted molar refractivity (Wildman–Crippen MR) is 103 cm³/mol. The van der Waals surface area contributed by atoms with Gasteiger partial charge in [0.05, 0.1) is 6.26 Å². The lowest BCUT2D eigenvalue weighted by Gasteiger charge is -2.23. The van der Waals surface area contributed by atoms with Crippen LogP contribution in [0.15, 0.2) is 33.6 Å². The molecule has 0 saturated heterocycles. The van der Waals surface area contributed by atoms with Crippen LogP contribution >= 0.6 is 0 Å². The summed E-state index contributed by atoms with van der Waals surface area (Å²) in [4.78, 5) is 19.4. The van der Waals surface area contributed by atoms with Gasteiger partial charge < -0.3 is 9.51 Å². The Hall–Kier alpha value is -2.52. The van der Waals surface area contributed by atoms with E-state index in [1.54, 1.807) is 6.07 Å². The first kappa shape index (κ1) is 19.2. The third-order valence-corrected chi connectivity index (χ3v) is 5.89. The Morgan fingerprint density at radius 3 is 2.52 bits per heavy atom. The van der Waals surface area contributed by atoms with Gasteiger partial charge in [-0.05, 0) is 37.8 Å². The Kier molecular flexibility index (Phi) is 5.16. The summed E-state index contributed by atoms with van der Waals surface area (Å²) in [7, 11) is -3.32. The van der Waals surface area contributed by atoms with Crippen LogP contribution in [0.25, 0.3) is 22.4 Å². The van der Waals surface area contributed by atoms with E-state index in [1.165, 1.54) is 10.6 Å². The highest BCUT2D eigenvalue weighted by atomic mass is 32.2. The molecule has 0 spiro atoms. The standard InChI is InChI=1S/C18H22N4O4S/c1-11(2)22(27(4,24)25)10-9-15-19-18(26-21-15)16-12(3)13-7-5-6-8-14(13)17(23)20-16/h5-8,11H,9-10H2,1-4H3,(H,20,23). The summed E-state index contributed by atoms with van der Waals surface area (Å²) in [5.74, 6) is 0.591. The van der Waals surface area contributed by atoms with Crippen molar-refractivity contribution in [3.63, 3.8) is 0 Å². The first-order valence-corrected chi connectivity index (χ1v) is 10.4. The van der Waals surface area contributed by atoms with Crippen molar-refractivity contribution < 1.29 is 12.9 Å². The molecular formula is C18H22N4O4S. The largest absolute Gasteiger partial charge is 0.332 e. The van der Waals surface area contributed by atoms with Crippen LogP contribution in [0.2, 0.25) is 0 Å². The number of aryl methyl sites for hydroxylation is 1. The van der Waals surface area contributed by atoms with Crippen molar-refractivity contribution in [2.45, 2.75) is 33.2 Å². The van der Waals surface area contributed by atoms with Crippen molar-refractivity contribution in [2.24, 2.45) is 0 Å². The number of H-pyrrole nitrogens is 1. The second-order valence-electron chi connectivity index (χ2n) is 6.73. The Morgan fingerprint density at radius 2 is 1.89 bits per heavy atom. The first-order valence-electron chi connectivity index (χ1n) is 8.60. The second kappa shape index (κ2) is 7.24. The van der Waals surface area contributed by atoms with Crippen molar-refractivity contribution in [1.29, 1.82) is 0 Å². The minimum Gasteiger partial charge on any atom is -0.332 e. The zero-order chi connectivity index (χ0) is 19.8. The van der Waals surface area contributed by atoms with Gasteiger partial charge in [-0.2, -0.15) is 9.29 Å². The van der Waals surface area contributed by atoms with Crippen molar-refractivity contribution in [1.82, 2.24) is 19.4 Å². The van der Waals surface area contributed by atoms with Gasteiger partial charge in [-0.15, -0.1) is 0 Å². The van der Waals surface area contributed by atoms with Crippen LogP contribution in [0, 0.1) is 6.92 Å². The SMILES string of the molecule is Cc1c(-c2nc(CCN(C(C)C)S(C)(=O)=O)no2)[nH]c(=O)c2ccccc12. The molecule has 144 valence electrons. The number of sulfonamides is 1. The Balaban J connectivity index is 1.90. The third-order valence-electron chi connectivity index (χ3n) is 4.43. The minimum absolute atomic E-state index is 0.162. The highest BCUT2D eigenvalue weighted by Gasteiger charge is 2.21. The number of hydrogen-bond donors (Lipinski definition) is 1. The van der Waals surface area contributed by atoms with Gasteiger partial charge in [0.2, 0.25) is 10.0 Å². The molecule has 0 aliphatic heterocycles. The average molecular weight is 390 g/mol. The maximum Gasteiger partial charge on any atom is 0.274 e. The molecule has 8 nitrogen and oxygen atoms in total. The molecular weight excluding hydrogens is 368 g/mol. The average Bonchev–Trinajstić information content (AvgIpc) is 3.05. The first-order chi connectivity index (χ1) is 12.7. The number of benzene rings is 1. The van der Waals surface area contributed by atoms with Crippen molar-refractivity contribution in [2.75, 3.05) is 12.8 Å². The van der Waals surface area contributed by atoms with Crippen LogP contribution in [-0.2, 0) is 16.4 Å². The van der Waals surface area contributed by atoms with E-state index in [0.29, 0.717) is 23.3 Å². The lowest BCUT2D eigenvalue weighted by molar-refractivity contribution is 0.353. The van der Waals surface area contributed by atoms with Crippen molar-refractivity contribution >= 4 is 20.8 Å². The molecule has 1 N–H and O–H groups in total. The monoisotopic (exact) mass is 390 g/mol. The molecule has 2 heterocycles. The molecule has 0 fully saturated rings. The van der Waals surface area contributed by atoms with Crippen LogP contribution in [-0.4, -0.2) is 46.7 Å². The lowest BCUT2D eigenvalue weighted by Crippen LogP contribution is -2.37. The molecule has 27 heavy (non-hydrogen) atoms. The summed E-state index contributed by atoms with van der Waals surface area (Å²) in [5, 5.41) is 5.34. The zero-order valence-electron chi connectivity index (χ0n) is 15.7. The zero-order valence-corrected chi connectivity index (χ0v) is 16.5. The van der Waals surface area contributed by atoms with Gasteiger partial charge in [-0.1, -0.05) is 23.4 Å². The van der Waals surface area contributed by atoms with Gasteiger partial charge in [-0.25, -0.2) is 8.42 Å². The van der Waals surface area contributed by atoms with Crippen LogP contribution in [0.1, 0.15) is 25.2 Å². The summed E-state index contributed by atoms with van der Waals surface area (Å²) in [6, 6.07) is 7.14. The van der Waals surface area contributed by atoms with E-state index in [2.05, 4.69) is 15.1 Å². The molecule has 0 bridgehead atoms. The molecule has 3 rings (SSSR count). The van der Waals surface area contributed by atoms with Crippen LogP contribution in [0.5, 0.6) is 0 Å². The summed E-state index contributed by atoms with van der Waals surface area (Å²) in [6.07, 6.45) is 1.49. The van der Waals surface area contributed by atoms with Crippen molar-refractivity contribution in [3.05, 3.63) is 46.0 Å². The minimum atomic E-state index is -3.32. The summed E-state index contributed by atoms with van der Waals surface area (Å²) < 4.78 is 30.4.